The highest BCUT2D eigenvalue weighted by Gasteiger charge is 2.44. The lowest BCUT2D eigenvalue weighted by Gasteiger charge is -2.20. The lowest BCUT2D eigenvalue weighted by atomic mass is 9.81. The molecule has 0 radical (unpaired) electrons. The third-order valence-electron chi connectivity index (χ3n) is 7.28. The maximum absolute atomic E-state index is 13.0. The van der Waals surface area contributed by atoms with Gasteiger partial charge in [-0.05, 0) is 52.0 Å². The molecular formula is C32H33N2O2+. The molecule has 4 aromatic rings. The third-order valence-corrected chi connectivity index (χ3v) is 7.28. The van der Waals surface area contributed by atoms with Crippen LogP contribution in [0.2, 0.25) is 0 Å². The van der Waals surface area contributed by atoms with E-state index in [4.69, 9.17) is 4.42 Å². The van der Waals surface area contributed by atoms with Crippen LogP contribution in [-0.4, -0.2) is 23.4 Å². The number of hydrogen-bond acceptors (Lipinski definition) is 3. The first-order chi connectivity index (χ1) is 17.4. The zero-order valence-corrected chi connectivity index (χ0v) is 21.5. The molecule has 4 heteroatoms. The van der Waals surface area contributed by atoms with Gasteiger partial charge in [0.25, 0.3) is 0 Å². The molecule has 0 saturated heterocycles. The van der Waals surface area contributed by atoms with Crippen LogP contribution in [0.1, 0.15) is 44.4 Å². The van der Waals surface area contributed by atoms with Crippen molar-refractivity contribution in [2.75, 3.05) is 18.0 Å². The van der Waals surface area contributed by atoms with Crippen LogP contribution in [0.15, 0.2) is 94.2 Å². The van der Waals surface area contributed by atoms with Gasteiger partial charge in [-0.15, -0.1) is 0 Å². The van der Waals surface area contributed by atoms with Crippen LogP contribution >= 0.6 is 0 Å². The van der Waals surface area contributed by atoms with Gasteiger partial charge in [0.05, 0.1) is 11.0 Å². The van der Waals surface area contributed by atoms with Crippen molar-refractivity contribution >= 4 is 34.1 Å². The van der Waals surface area contributed by atoms with E-state index >= 15 is 0 Å². The highest BCUT2D eigenvalue weighted by molar-refractivity contribution is 6.05. The lowest BCUT2D eigenvalue weighted by Crippen LogP contribution is -2.27. The molecule has 36 heavy (non-hydrogen) atoms. The summed E-state index contributed by atoms with van der Waals surface area (Å²) < 4.78 is 8.13. The monoisotopic (exact) mass is 477 g/mol. The molecule has 0 atom stereocenters. The van der Waals surface area contributed by atoms with Crippen LogP contribution in [0.4, 0.5) is 11.4 Å². The molecule has 0 saturated carbocycles. The predicted octanol–water partition coefficient (Wildman–Crippen LogP) is 6.93. The second-order valence-corrected chi connectivity index (χ2v) is 9.82. The average molecular weight is 478 g/mol. The summed E-state index contributed by atoms with van der Waals surface area (Å²) in [5, 5.41) is 0.922. The quantitative estimate of drug-likeness (QED) is 0.214. The summed E-state index contributed by atoms with van der Waals surface area (Å²) in [7, 11) is 0. The van der Waals surface area contributed by atoms with Gasteiger partial charge in [0.2, 0.25) is 5.69 Å². The molecule has 0 bridgehead atoms. The minimum absolute atomic E-state index is 0.197. The largest absolute Gasteiger partial charge is 0.422 e. The van der Waals surface area contributed by atoms with E-state index in [1.165, 1.54) is 16.8 Å². The maximum atomic E-state index is 13.0. The van der Waals surface area contributed by atoms with Crippen LogP contribution in [0, 0.1) is 0 Å². The highest BCUT2D eigenvalue weighted by atomic mass is 16.4. The molecule has 0 fully saturated rings. The zero-order valence-electron chi connectivity index (χ0n) is 21.5. The summed E-state index contributed by atoms with van der Waals surface area (Å²) >= 11 is 0. The van der Waals surface area contributed by atoms with Crippen molar-refractivity contribution in [3.63, 3.8) is 0 Å². The molecule has 182 valence electrons. The van der Waals surface area contributed by atoms with Crippen molar-refractivity contribution in [3.8, 4) is 0 Å². The molecule has 0 spiro atoms. The Morgan fingerprint density at radius 2 is 1.61 bits per heavy atom. The van der Waals surface area contributed by atoms with Crippen molar-refractivity contribution in [2.24, 2.45) is 0 Å². The Kier molecular flexibility index (Phi) is 6.36. The summed E-state index contributed by atoms with van der Waals surface area (Å²) in [4.78, 5) is 15.2. The van der Waals surface area contributed by atoms with E-state index in [1.807, 2.05) is 30.3 Å². The number of hydrogen-bond donors (Lipinski definition) is 0. The Morgan fingerprint density at radius 1 is 0.889 bits per heavy atom. The number of para-hydroxylation sites is 1. The summed E-state index contributed by atoms with van der Waals surface area (Å²) in [6.07, 6.45) is 4.00. The van der Waals surface area contributed by atoms with E-state index in [9.17, 15) is 4.79 Å². The third kappa shape index (κ3) is 4.28. The van der Waals surface area contributed by atoms with Gasteiger partial charge in [-0.1, -0.05) is 48.5 Å². The fourth-order valence-corrected chi connectivity index (χ4v) is 5.26. The minimum Gasteiger partial charge on any atom is -0.422 e. The van der Waals surface area contributed by atoms with Gasteiger partial charge in [-0.2, -0.15) is 4.58 Å². The molecule has 0 amide bonds. The van der Waals surface area contributed by atoms with Crippen molar-refractivity contribution in [2.45, 2.75) is 39.7 Å². The second-order valence-electron chi connectivity index (χ2n) is 9.82. The van der Waals surface area contributed by atoms with E-state index in [0.29, 0.717) is 11.1 Å². The number of benzene rings is 3. The zero-order chi connectivity index (χ0) is 25.3. The topological polar surface area (TPSA) is 36.5 Å². The van der Waals surface area contributed by atoms with Gasteiger partial charge < -0.3 is 9.32 Å². The fraction of sp³-hybridized carbons (Fsp3) is 0.250. The maximum Gasteiger partial charge on any atom is 0.343 e. The van der Waals surface area contributed by atoms with Gasteiger partial charge >= 0.3 is 5.63 Å². The van der Waals surface area contributed by atoms with Crippen molar-refractivity contribution < 1.29 is 8.99 Å². The van der Waals surface area contributed by atoms with Crippen LogP contribution in [0.3, 0.4) is 0 Å². The van der Waals surface area contributed by atoms with E-state index in [2.05, 4.69) is 97.8 Å². The van der Waals surface area contributed by atoms with Gasteiger partial charge in [-0.25, -0.2) is 4.79 Å². The number of anilines is 1. The van der Waals surface area contributed by atoms with Crippen LogP contribution in [0.25, 0.3) is 17.0 Å². The predicted molar refractivity (Wildman–Crippen MR) is 150 cm³/mol. The molecule has 0 aliphatic carbocycles. The van der Waals surface area contributed by atoms with Crippen molar-refractivity contribution in [3.05, 3.63) is 112 Å². The molecule has 1 aromatic heterocycles. The molecule has 1 aliphatic rings. The Balaban J connectivity index is 1.56. The van der Waals surface area contributed by atoms with Gasteiger partial charge in [-0.3, -0.25) is 0 Å². The Hall–Kier alpha value is -3.92. The Labute approximate surface area is 212 Å². The molecule has 2 heterocycles. The highest BCUT2D eigenvalue weighted by Crippen LogP contribution is 2.40. The molecule has 0 N–H and O–H groups in total. The van der Waals surface area contributed by atoms with Crippen molar-refractivity contribution in [1.82, 2.24) is 0 Å². The average Bonchev–Trinajstić information content (AvgIpc) is 3.10. The van der Waals surface area contributed by atoms with Gasteiger partial charge in [0.1, 0.15) is 5.58 Å². The standard InChI is InChI=1S/C32H33N2O2/c1-5-33(6-2)26-18-16-24-20-25(31(35)36-29(24)21-26)17-19-30-32(3,4)27-14-10-11-15-28(27)34(30)22-23-12-8-7-9-13-23/h7-21H,5-6,22H2,1-4H3/q+1. The van der Waals surface area contributed by atoms with Gasteiger partial charge in [0, 0.05) is 53.5 Å². The lowest BCUT2D eigenvalue weighted by molar-refractivity contribution is -0.455. The minimum atomic E-state index is -0.320. The van der Waals surface area contributed by atoms with Gasteiger partial charge in [0.15, 0.2) is 12.3 Å². The summed E-state index contributed by atoms with van der Waals surface area (Å²) in [6.45, 7) is 11.3. The summed E-state index contributed by atoms with van der Waals surface area (Å²) in [6, 6.07) is 27.1. The summed E-state index contributed by atoms with van der Waals surface area (Å²) in [5.74, 6) is 0. The second kappa shape index (κ2) is 9.62. The molecule has 5 rings (SSSR count). The number of fused-ring (bicyclic) bond motifs is 2. The molecule has 4 nitrogen and oxygen atoms in total. The van der Waals surface area contributed by atoms with Crippen LogP contribution in [0.5, 0.6) is 0 Å². The van der Waals surface area contributed by atoms with Crippen LogP contribution < -0.4 is 10.5 Å². The van der Waals surface area contributed by atoms with E-state index in [-0.39, 0.29) is 11.0 Å². The Morgan fingerprint density at radius 3 is 2.36 bits per heavy atom. The number of allylic oxidation sites excluding steroid dienone is 1. The molecular weight excluding hydrogens is 444 g/mol. The van der Waals surface area contributed by atoms with E-state index in [1.54, 1.807) is 0 Å². The van der Waals surface area contributed by atoms with Crippen molar-refractivity contribution in [1.29, 1.82) is 0 Å². The molecule has 1 aliphatic heterocycles. The first-order valence-corrected chi connectivity index (χ1v) is 12.7. The number of rotatable bonds is 7. The molecule has 0 unspecified atom stereocenters. The van der Waals surface area contributed by atoms with E-state index < -0.39 is 0 Å². The smallest absolute Gasteiger partial charge is 0.343 e. The number of nitrogens with zero attached hydrogens (tertiary/aromatic N) is 2. The van der Waals surface area contributed by atoms with Crippen LogP contribution in [-0.2, 0) is 12.0 Å². The van der Waals surface area contributed by atoms with E-state index in [0.717, 1.165) is 36.4 Å². The summed E-state index contributed by atoms with van der Waals surface area (Å²) in [5.41, 5.74) is 6.61. The normalized spacial score (nSPS) is 14.6. The Bertz CT molecular complexity index is 1520. The SMILES string of the molecule is CCN(CC)c1ccc2cc(/C=C/C3=[N+](Cc4ccccc4)c4ccccc4C3(C)C)c(=O)oc2c1. The molecule has 3 aromatic carbocycles. The first-order valence-electron chi connectivity index (χ1n) is 12.7. The first kappa shape index (κ1) is 23.8. The fourth-order valence-electron chi connectivity index (χ4n) is 5.26.